The van der Waals surface area contributed by atoms with E-state index in [0.29, 0.717) is 23.0 Å². The Morgan fingerprint density at radius 2 is 2.13 bits per heavy atom. The van der Waals surface area contributed by atoms with Gasteiger partial charge in [-0.05, 0) is 51.5 Å². The van der Waals surface area contributed by atoms with Crippen molar-refractivity contribution in [1.82, 2.24) is 20.2 Å². The van der Waals surface area contributed by atoms with Crippen LogP contribution >= 0.6 is 23.1 Å². The zero-order valence-corrected chi connectivity index (χ0v) is 19.5. The normalized spacial score (nSPS) is 16.2. The number of thiophene rings is 1. The van der Waals surface area contributed by atoms with Crippen LogP contribution < -0.4 is 16.2 Å². The fraction of sp³-hybridized carbons (Fsp3) is 0.524. The first kappa shape index (κ1) is 22.6. The van der Waals surface area contributed by atoms with Crippen molar-refractivity contribution in [1.29, 1.82) is 0 Å². The fourth-order valence-electron chi connectivity index (χ4n) is 3.47. The van der Waals surface area contributed by atoms with Gasteiger partial charge < -0.3 is 5.32 Å². The molecule has 1 aliphatic carbocycles. The van der Waals surface area contributed by atoms with Gasteiger partial charge in [-0.15, -0.1) is 17.9 Å². The molecule has 1 atom stereocenters. The van der Waals surface area contributed by atoms with Gasteiger partial charge in [0.2, 0.25) is 5.91 Å². The molecule has 0 spiro atoms. The number of aryl methyl sites for hydroxylation is 1. The van der Waals surface area contributed by atoms with E-state index in [4.69, 9.17) is 4.98 Å². The first-order valence-corrected chi connectivity index (χ1v) is 11.8. The van der Waals surface area contributed by atoms with Gasteiger partial charge in [-0.1, -0.05) is 24.8 Å². The zero-order chi connectivity index (χ0) is 22.1. The summed E-state index contributed by atoms with van der Waals surface area (Å²) in [5, 5.41) is 6.17. The Bertz CT molecular complexity index is 1050. The molecule has 0 bridgehead atoms. The average Bonchev–Trinajstić information content (AvgIpc) is 2.98. The molecule has 7 nitrogen and oxygen atoms in total. The molecule has 0 unspecified atom stereocenters. The van der Waals surface area contributed by atoms with Gasteiger partial charge in [-0.2, -0.15) is 0 Å². The molecule has 0 aromatic carbocycles. The lowest BCUT2D eigenvalue weighted by Gasteiger charge is -2.20. The fourth-order valence-corrected chi connectivity index (χ4v) is 5.70. The Labute approximate surface area is 184 Å². The molecule has 2 aromatic rings. The quantitative estimate of drug-likeness (QED) is 0.415. The standard InChI is InChI=1S/C21H28N4O3S2/c1-6-9-25-18(27)16-13-8-7-12(2)10-14(13)30-17(16)23-20(25)29-11-15(26)22-19(28)24-21(3,4)5/h6,12H,1,7-11H2,2-5H3,(H2,22,24,26,28)/t12-/m0/s1. The van der Waals surface area contributed by atoms with Crippen LogP contribution in [0.25, 0.3) is 10.2 Å². The van der Waals surface area contributed by atoms with E-state index in [1.165, 1.54) is 4.88 Å². The van der Waals surface area contributed by atoms with E-state index in [2.05, 4.69) is 24.1 Å². The Hall–Kier alpha value is -2.13. The number of carbonyl (C=O) groups is 2. The van der Waals surface area contributed by atoms with E-state index in [1.54, 1.807) is 22.0 Å². The second-order valence-corrected chi connectivity index (χ2v) is 10.7. The summed E-state index contributed by atoms with van der Waals surface area (Å²) in [6.45, 7) is 11.8. The summed E-state index contributed by atoms with van der Waals surface area (Å²) in [5.41, 5.74) is 0.613. The summed E-state index contributed by atoms with van der Waals surface area (Å²) in [7, 11) is 0. The van der Waals surface area contributed by atoms with Gasteiger partial charge >= 0.3 is 6.03 Å². The lowest BCUT2D eigenvalue weighted by atomic mass is 9.89. The molecule has 3 amide bonds. The monoisotopic (exact) mass is 448 g/mol. The van der Waals surface area contributed by atoms with E-state index in [-0.39, 0.29) is 11.3 Å². The largest absolute Gasteiger partial charge is 0.333 e. The number of nitrogens with zero attached hydrogens (tertiary/aromatic N) is 2. The number of carbonyl (C=O) groups excluding carboxylic acids is 2. The van der Waals surface area contributed by atoms with E-state index in [0.717, 1.165) is 41.4 Å². The third kappa shape index (κ3) is 5.13. The van der Waals surface area contributed by atoms with Crippen LogP contribution in [0, 0.1) is 5.92 Å². The second-order valence-electron chi connectivity index (χ2n) is 8.67. The van der Waals surface area contributed by atoms with Gasteiger partial charge in [-0.25, -0.2) is 9.78 Å². The van der Waals surface area contributed by atoms with Crippen molar-refractivity contribution in [3.05, 3.63) is 33.4 Å². The Morgan fingerprint density at radius 1 is 1.40 bits per heavy atom. The zero-order valence-electron chi connectivity index (χ0n) is 17.8. The second kappa shape index (κ2) is 8.93. The molecular formula is C21H28N4O3S2. The van der Waals surface area contributed by atoms with E-state index < -0.39 is 17.5 Å². The van der Waals surface area contributed by atoms with Crippen LogP contribution in [0.1, 0.15) is 44.6 Å². The molecule has 30 heavy (non-hydrogen) atoms. The predicted octanol–water partition coefficient (Wildman–Crippen LogP) is 3.49. The number of allylic oxidation sites excluding steroid dienone is 1. The number of hydrogen-bond acceptors (Lipinski definition) is 6. The van der Waals surface area contributed by atoms with E-state index in [9.17, 15) is 14.4 Å². The van der Waals surface area contributed by atoms with Crippen molar-refractivity contribution in [3.8, 4) is 0 Å². The van der Waals surface area contributed by atoms with E-state index in [1.807, 2.05) is 20.8 Å². The maximum absolute atomic E-state index is 13.2. The molecule has 3 rings (SSSR count). The highest BCUT2D eigenvalue weighted by atomic mass is 32.2. The summed E-state index contributed by atoms with van der Waals surface area (Å²) in [6, 6.07) is -0.542. The number of imide groups is 1. The number of fused-ring (bicyclic) bond motifs is 3. The topological polar surface area (TPSA) is 93.1 Å². The summed E-state index contributed by atoms with van der Waals surface area (Å²) in [4.78, 5) is 44.0. The number of hydrogen-bond donors (Lipinski definition) is 2. The molecule has 2 aromatic heterocycles. The molecule has 2 N–H and O–H groups in total. The summed E-state index contributed by atoms with van der Waals surface area (Å²) in [5.74, 6) is 0.146. The van der Waals surface area contributed by atoms with Crippen molar-refractivity contribution < 1.29 is 9.59 Å². The molecule has 0 radical (unpaired) electrons. The molecule has 2 heterocycles. The molecule has 0 aliphatic heterocycles. The summed E-state index contributed by atoms with van der Waals surface area (Å²) in [6.07, 6.45) is 4.61. The Kier molecular flexibility index (Phi) is 6.71. The van der Waals surface area contributed by atoms with E-state index >= 15 is 0 Å². The summed E-state index contributed by atoms with van der Waals surface area (Å²) < 4.78 is 1.56. The maximum Gasteiger partial charge on any atom is 0.321 e. The van der Waals surface area contributed by atoms with Crippen LogP contribution in [0.5, 0.6) is 0 Å². The first-order valence-electron chi connectivity index (χ1n) is 10.00. The molecule has 0 saturated heterocycles. The number of thioether (sulfide) groups is 1. The average molecular weight is 449 g/mol. The molecular weight excluding hydrogens is 420 g/mol. The predicted molar refractivity (Wildman–Crippen MR) is 122 cm³/mol. The highest BCUT2D eigenvalue weighted by Gasteiger charge is 2.25. The van der Waals surface area contributed by atoms with Crippen LogP contribution in [0.3, 0.4) is 0 Å². The number of aromatic nitrogens is 2. The Balaban J connectivity index is 1.84. The first-order chi connectivity index (χ1) is 14.1. The molecule has 0 fully saturated rings. The van der Waals surface area contributed by atoms with Crippen molar-refractivity contribution in [2.45, 2.75) is 64.2 Å². The molecule has 1 aliphatic rings. The molecule has 9 heteroatoms. The smallest absolute Gasteiger partial charge is 0.321 e. The van der Waals surface area contributed by atoms with Crippen molar-refractivity contribution >= 4 is 45.3 Å². The third-order valence-corrected chi connectivity index (χ3v) is 6.89. The van der Waals surface area contributed by atoms with Gasteiger partial charge in [0.15, 0.2) is 5.16 Å². The molecule has 162 valence electrons. The number of amides is 3. The van der Waals surface area contributed by atoms with Crippen LogP contribution in [0.15, 0.2) is 22.6 Å². The van der Waals surface area contributed by atoms with Gasteiger partial charge in [0.1, 0.15) is 4.83 Å². The number of urea groups is 1. The third-order valence-electron chi connectivity index (χ3n) is 4.77. The number of nitrogens with one attached hydrogen (secondary N) is 2. The number of rotatable bonds is 5. The van der Waals surface area contributed by atoms with Crippen LogP contribution in [0.2, 0.25) is 0 Å². The van der Waals surface area contributed by atoms with Gasteiger partial charge in [0, 0.05) is 17.0 Å². The Morgan fingerprint density at radius 3 is 2.80 bits per heavy atom. The highest BCUT2D eigenvalue weighted by molar-refractivity contribution is 7.99. The van der Waals surface area contributed by atoms with Gasteiger partial charge in [0.05, 0.1) is 11.1 Å². The van der Waals surface area contributed by atoms with Crippen molar-refractivity contribution in [3.63, 3.8) is 0 Å². The SMILES string of the molecule is C=CCn1c(SCC(=O)NC(=O)NC(C)(C)C)nc2sc3c(c2c1=O)CC[C@H](C)C3. The molecule has 0 saturated carbocycles. The minimum atomic E-state index is -0.542. The summed E-state index contributed by atoms with van der Waals surface area (Å²) >= 11 is 2.73. The van der Waals surface area contributed by atoms with Crippen LogP contribution in [0.4, 0.5) is 4.79 Å². The minimum Gasteiger partial charge on any atom is -0.333 e. The highest BCUT2D eigenvalue weighted by Crippen LogP contribution is 2.36. The van der Waals surface area contributed by atoms with Crippen molar-refractivity contribution in [2.75, 3.05) is 5.75 Å². The van der Waals surface area contributed by atoms with Crippen LogP contribution in [-0.2, 0) is 24.2 Å². The van der Waals surface area contributed by atoms with Gasteiger partial charge in [-0.3, -0.25) is 19.5 Å². The lowest BCUT2D eigenvalue weighted by molar-refractivity contribution is -0.117. The van der Waals surface area contributed by atoms with Crippen LogP contribution in [-0.4, -0.2) is 32.8 Å². The minimum absolute atomic E-state index is 0.0191. The lowest BCUT2D eigenvalue weighted by Crippen LogP contribution is -2.48. The maximum atomic E-state index is 13.2. The van der Waals surface area contributed by atoms with Crippen molar-refractivity contribution in [2.24, 2.45) is 5.92 Å². The van der Waals surface area contributed by atoms with Gasteiger partial charge in [0.25, 0.3) is 5.56 Å².